The zero-order chi connectivity index (χ0) is 25.7. The van der Waals surface area contributed by atoms with E-state index in [2.05, 4.69) is 34.1 Å². The molecule has 0 saturated carbocycles. The maximum absolute atomic E-state index is 13.2. The maximum Gasteiger partial charge on any atom is 0.253 e. The van der Waals surface area contributed by atoms with Gasteiger partial charge in [-0.3, -0.25) is 14.6 Å². The normalized spacial score (nSPS) is 18.1. The Bertz CT molecular complexity index is 1280. The molecule has 7 nitrogen and oxygen atoms in total. The lowest BCUT2D eigenvalue weighted by molar-refractivity contribution is 0.0628. The van der Waals surface area contributed by atoms with Gasteiger partial charge in [-0.05, 0) is 35.4 Å². The number of hydrogen-bond acceptors (Lipinski definition) is 5. The topological polar surface area (TPSA) is 64.2 Å². The monoisotopic (exact) mass is 518 g/mol. The highest BCUT2D eigenvalue weighted by molar-refractivity contribution is 7.89. The number of carbonyl (C=O) groups is 1. The molecule has 2 aliphatic heterocycles. The van der Waals surface area contributed by atoms with Crippen LogP contribution in [-0.2, 0) is 23.1 Å². The van der Waals surface area contributed by atoms with Crippen LogP contribution in [0.1, 0.15) is 21.5 Å². The summed E-state index contributed by atoms with van der Waals surface area (Å²) in [5, 5.41) is 0. The number of nitrogens with zero attached hydrogens (tertiary/aromatic N) is 4. The van der Waals surface area contributed by atoms with Crippen molar-refractivity contribution in [3.8, 4) is 0 Å². The van der Waals surface area contributed by atoms with Crippen molar-refractivity contribution in [2.75, 3.05) is 52.4 Å². The number of rotatable bonds is 7. The highest BCUT2D eigenvalue weighted by atomic mass is 32.2. The molecule has 0 atom stereocenters. The molecule has 3 aromatic rings. The van der Waals surface area contributed by atoms with Gasteiger partial charge in [0.05, 0.1) is 4.90 Å². The fourth-order valence-electron chi connectivity index (χ4n) is 5.06. The fourth-order valence-corrected chi connectivity index (χ4v) is 6.51. The summed E-state index contributed by atoms with van der Waals surface area (Å²) in [5.41, 5.74) is 3.10. The van der Waals surface area contributed by atoms with Crippen LogP contribution < -0.4 is 0 Å². The van der Waals surface area contributed by atoms with E-state index in [-0.39, 0.29) is 5.91 Å². The quantitative estimate of drug-likeness (QED) is 0.481. The molecule has 8 heteroatoms. The number of benzene rings is 3. The first-order chi connectivity index (χ1) is 18.0. The van der Waals surface area contributed by atoms with Crippen molar-refractivity contribution in [2.45, 2.75) is 18.0 Å². The van der Waals surface area contributed by atoms with Gasteiger partial charge < -0.3 is 4.90 Å². The Hall–Kier alpha value is -3.04. The Balaban J connectivity index is 1.13. The highest BCUT2D eigenvalue weighted by Gasteiger charge is 2.28. The van der Waals surface area contributed by atoms with E-state index in [4.69, 9.17) is 0 Å². The van der Waals surface area contributed by atoms with Gasteiger partial charge in [0, 0.05) is 71.0 Å². The van der Waals surface area contributed by atoms with Crippen molar-refractivity contribution >= 4 is 15.9 Å². The second kappa shape index (κ2) is 11.6. The van der Waals surface area contributed by atoms with E-state index in [0.29, 0.717) is 37.6 Å². The minimum absolute atomic E-state index is 0.0833. The van der Waals surface area contributed by atoms with Crippen LogP contribution in [0.3, 0.4) is 0 Å². The molecule has 5 rings (SSSR count). The second-order valence-corrected chi connectivity index (χ2v) is 11.7. The third kappa shape index (κ3) is 6.27. The van der Waals surface area contributed by atoms with Crippen molar-refractivity contribution in [2.24, 2.45) is 0 Å². The summed E-state index contributed by atoms with van der Waals surface area (Å²) >= 11 is 0. The van der Waals surface area contributed by atoms with Gasteiger partial charge in [0.25, 0.3) is 5.91 Å². The summed E-state index contributed by atoms with van der Waals surface area (Å²) in [6, 6.07) is 26.9. The van der Waals surface area contributed by atoms with E-state index >= 15 is 0 Å². The summed E-state index contributed by atoms with van der Waals surface area (Å²) in [4.78, 5) is 20.2. The molecule has 0 aromatic heterocycles. The van der Waals surface area contributed by atoms with Crippen molar-refractivity contribution in [1.29, 1.82) is 0 Å². The van der Waals surface area contributed by atoms with E-state index in [9.17, 15) is 13.2 Å². The number of piperazine rings is 2. The standard InChI is InChI=1S/C29H34N4O3S/c34-29(32-18-14-30(15-19-32)23-25-8-3-1-4-9-25)27-11-7-10-26(22-27)24-31-16-20-33(21-17-31)37(35,36)28-12-5-2-6-13-28/h1-13,22H,14-21,23-24H2. The Morgan fingerprint density at radius 3 is 1.81 bits per heavy atom. The Morgan fingerprint density at radius 2 is 1.16 bits per heavy atom. The molecule has 1 amide bonds. The number of amides is 1. The molecule has 0 aliphatic carbocycles. The van der Waals surface area contributed by atoms with Crippen molar-refractivity contribution in [3.05, 3.63) is 102 Å². The number of sulfonamides is 1. The Morgan fingerprint density at radius 1 is 0.622 bits per heavy atom. The number of hydrogen-bond donors (Lipinski definition) is 0. The smallest absolute Gasteiger partial charge is 0.253 e. The van der Waals surface area contributed by atoms with Crippen LogP contribution in [0.5, 0.6) is 0 Å². The molecule has 2 heterocycles. The minimum atomic E-state index is -3.46. The predicted octanol–water partition coefficient (Wildman–Crippen LogP) is 3.15. The van der Waals surface area contributed by atoms with Crippen LogP contribution in [0.25, 0.3) is 0 Å². The van der Waals surface area contributed by atoms with Gasteiger partial charge >= 0.3 is 0 Å². The highest BCUT2D eigenvalue weighted by Crippen LogP contribution is 2.19. The zero-order valence-corrected chi connectivity index (χ0v) is 21.9. The average Bonchev–Trinajstić information content (AvgIpc) is 2.95. The molecule has 37 heavy (non-hydrogen) atoms. The molecule has 2 saturated heterocycles. The molecule has 194 valence electrons. The molecular weight excluding hydrogens is 484 g/mol. The first kappa shape index (κ1) is 25.6. The predicted molar refractivity (Wildman–Crippen MR) is 145 cm³/mol. The molecule has 2 fully saturated rings. The molecule has 0 N–H and O–H groups in total. The van der Waals surface area contributed by atoms with E-state index in [1.165, 1.54) is 5.56 Å². The molecule has 0 spiro atoms. The van der Waals surface area contributed by atoms with Crippen LogP contribution >= 0.6 is 0 Å². The third-order valence-electron chi connectivity index (χ3n) is 7.20. The van der Waals surface area contributed by atoms with Gasteiger partial charge in [-0.15, -0.1) is 0 Å². The Labute approximate surface area is 220 Å². The van der Waals surface area contributed by atoms with E-state index < -0.39 is 10.0 Å². The van der Waals surface area contributed by atoms with Crippen molar-refractivity contribution in [3.63, 3.8) is 0 Å². The second-order valence-electron chi connectivity index (χ2n) is 9.75. The minimum Gasteiger partial charge on any atom is -0.336 e. The van der Waals surface area contributed by atoms with Crippen molar-refractivity contribution < 1.29 is 13.2 Å². The van der Waals surface area contributed by atoms with Gasteiger partial charge in [0.15, 0.2) is 0 Å². The van der Waals surface area contributed by atoms with Crippen LogP contribution in [-0.4, -0.2) is 85.7 Å². The maximum atomic E-state index is 13.2. The van der Waals surface area contributed by atoms with Gasteiger partial charge in [-0.2, -0.15) is 4.31 Å². The van der Waals surface area contributed by atoms with E-state index in [1.54, 1.807) is 28.6 Å². The van der Waals surface area contributed by atoms with Crippen LogP contribution in [0.2, 0.25) is 0 Å². The van der Waals surface area contributed by atoms with Gasteiger partial charge in [0.1, 0.15) is 0 Å². The SMILES string of the molecule is O=C(c1cccc(CN2CCN(S(=O)(=O)c3ccccc3)CC2)c1)N1CCN(Cc2ccccc2)CC1. The molecule has 0 unspecified atom stereocenters. The number of carbonyl (C=O) groups excluding carboxylic acids is 1. The summed E-state index contributed by atoms with van der Waals surface area (Å²) in [6.45, 7) is 7.06. The van der Waals surface area contributed by atoms with Crippen molar-refractivity contribution in [1.82, 2.24) is 19.0 Å². The summed E-state index contributed by atoms with van der Waals surface area (Å²) in [5.74, 6) is 0.0833. The van der Waals surface area contributed by atoms with Crippen LogP contribution in [0, 0.1) is 0 Å². The lowest BCUT2D eigenvalue weighted by atomic mass is 10.1. The van der Waals surface area contributed by atoms with Crippen LogP contribution in [0.15, 0.2) is 89.8 Å². The molecule has 2 aliphatic rings. The third-order valence-corrected chi connectivity index (χ3v) is 9.11. The van der Waals surface area contributed by atoms with E-state index in [0.717, 1.165) is 43.9 Å². The Kier molecular flexibility index (Phi) is 8.00. The van der Waals surface area contributed by atoms with Gasteiger partial charge in [-0.25, -0.2) is 8.42 Å². The lowest BCUT2D eigenvalue weighted by Gasteiger charge is -2.35. The molecule has 3 aromatic carbocycles. The fraction of sp³-hybridized carbons (Fsp3) is 0.345. The van der Waals surface area contributed by atoms with Crippen LogP contribution in [0.4, 0.5) is 0 Å². The first-order valence-electron chi connectivity index (χ1n) is 12.9. The summed E-state index contributed by atoms with van der Waals surface area (Å²) in [6.07, 6.45) is 0. The largest absolute Gasteiger partial charge is 0.336 e. The first-order valence-corrected chi connectivity index (χ1v) is 14.3. The average molecular weight is 519 g/mol. The zero-order valence-electron chi connectivity index (χ0n) is 21.1. The van der Waals surface area contributed by atoms with Gasteiger partial charge in [0.2, 0.25) is 10.0 Å². The van der Waals surface area contributed by atoms with Gasteiger partial charge in [-0.1, -0.05) is 60.7 Å². The molecular formula is C29H34N4O3S. The summed E-state index contributed by atoms with van der Waals surface area (Å²) < 4.78 is 27.4. The molecule has 0 bridgehead atoms. The van der Waals surface area contributed by atoms with E-state index in [1.807, 2.05) is 41.3 Å². The lowest BCUT2D eigenvalue weighted by Crippen LogP contribution is -2.48. The summed E-state index contributed by atoms with van der Waals surface area (Å²) in [7, 11) is -3.46. The molecule has 0 radical (unpaired) electrons.